The molecule has 0 aromatic heterocycles. The van der Waals surface area contributed by atoms with Crippen molar-refractivity contribution in [3.8, 4) is 0 Å². The van der Waals surface area contributed by atoms with Gasteiger partial charge in [0, 0.05) is 6.54 Å². The van der Waals surface area contributed by atoms with Crippen LogP contribution in [0.4, 0.5) is 0 Å². The first-order chi connectivity index (χ1) is 9.52. The van der Waals surface area contributed by atoms with Crippen LogP contribution in [0.1, 0.15) is 46.9 Å². The van der Waals surface area contributed by atoms with E-state index in [0.717, 1.165) is 0 Å². The minimum absolute atomic E-state index is 0.253. The van der Waals surface area contributed by atoms with Crippen molar-refractivity contribution in [1.29, 1.82) is 0 Å². The second-order valence-electron chi connectivity index (χ2n) is 5.04. The van der Waals surface area contributed by atoms with Crippen LogP contribution in [0.25, 0.3) is 0 Å². The minimum Gasteiger partial charge on any atom is -0.481 e. The summed E-state index contributed by atoms with van der Waals surface area (Å²) in [6, 6.07) is 6.79. The zero-order valence-electron chi connectivity index (χ0n) is 11.3. The second kappa shape index (κ2) is 5.86. The zero-order valence-corrected chi connectivity index (χ0v) is 11.3. The van der Waals surface area contributed by atoms with Crippen LogP contribution in [-0.4, -0.2) is 34.3 Å². The number of carboxylic acid groups (broad SMARTS) is 1. The highest BCUT2D eigenvalue weighted by molar-refractivity contribution is 6.21. The molecular formula is C15H17NO4. The summed E-state index contributed by atoms with van der Waals surface area (Å²) in [5.41, 5.74) is 0.910. The summed E-state index contributed by atoms with van der Waals surface area (Å²) in [6.07, 6.45) is 1.86. The molecule has 2 amide bonds. The van der Waals surface area contributed by atoms with E-state index >= 15 is 0 Å². The summed E-state index contributed by atoms with van der Waals surface area (Å²) in [5.74, 6) is -1.71. The molecule has 5 nitrogen and oxygen atoms in total. The average Bonchev–Trinajstić information content (AvgIpc) is 2.68. The Labute approximate surface area is 117 Å². The highest BCUT2D eigenvalue weighted by Gasteiger charge is 2.34. The van der Waals surface area contributed by atoms with Crippen LogP contribution in [0.5, 0.6) is 0 Å². The molecule has 1 atom stereocenters. The molecule has 1 aliphatic rings. The highest BCUT2D eigenvalue weighted by atomic mass is 16.4. The largest absolute Gasteiger partial charge is 0.481 e. The van der Waals surface area contributed by atoms with Crippen LogP contribution < -0.4 is 0 Å². The number of carbonyl (C=O) groups excluding carboxylic acids is 2. The molecule has 1 unspecified atom stereocenters. The van der Waals surface area contributed by atoms with Crippen molar-refractivity contribution in [2.45, 2.75) is 26.2 Å². The van der Waals surface area contributed by atoms with Crippen molar-refractivity contribution in [1.82, 2.24) is 4.90 Å². The Morgan fingerprint density at radius 2 is 1.70 bits per heavy atom. The molecule has 106 valence electrons. The maximum absolute atomic E-state index is 12.1. The molecule has 0 fully saturated rings. The van der Waals surface area contributed by atoms with Gasteiger partial charge in [-0.15, -0.1) is 0 Å². The number of unbranched alkanes of at least 4 members (excludes halogenated alkanes) is 1. The molecule has 2 rings (SSSR count). The Morgan fingerprint density at radius 3 is 2.20 bits per heavy atom. The second-order valence-corrected chi connectivity index (χ2v) is 5.04. The van der Waals surface area contributed by atoms with Gasteiger partial charge in [-0.3, -0.25) is 19.3 Å². The number of carboxylic acids is 1. The van der Waals surface area contributed by atoms with Gasteiger partial charge >= 0.3 is 5.97 Å². The number of benzene rings is 1. The molecule has 0 saturated heterocycles. The molecule has 0 spiro atoms. The predicted molar refractivity (Wildman–Crippen MR) is 72.5 cm³/mol. The van der Waals surface area contributed by atoms with E-state index in [1.807, 2.05) is 0 Å². The Bertz CT molecular complexity index is 518. The van der Waals surface area contributed by atoms with E-state index in [0.29, 0.717) is 36.9 Å². The van der Waals surface area contributed by atoms with Crippen LogP contribution in [0.15, 0.2) is 24.3 Å². The van der Waals surface area contributed by atoms with E-state index in [-0.39, 0.29) is 11.8 Å². The monoisotopic (exact) mass is 275 g/mol. The molecule has 1 aromatic rings. The minimum atomic E-state index is -0.814. The summed E-state index contributed by atoms with van der Waals surface area (Å²) in [7, 11) is 0. The van der Waals surface area contributed by atoms with Crippen molar-refractivity contribution < 1.29 is 19.5 Å². The molecule has 1 heterocycles. The van der Waals surface area contributed by atoms with Gasteiger partial charge in [-0.05, 0) is 25.0 Å². The van der Waals surface area contributed by atoms with E-state index < -0.39 is 11.9 Å². The van der Waals surface area contributed by atoms with Crippen LogP contribution in [0, 0.1) is 5.92 Å². The quantitative estimate of drug-likeness (QED) is 0.637. The summed E-state index contributed by atoms with van der Waals surface area (Å²) < 4.78 is 0. The Hall–Kier alpha value is -2.17. The molecule has 20 heavy (non-hydrogen) atoms. The SMILES string of the molecule is CC(CCCCN1C(=O)c2ccccc2C1=O)C(=O)O. The molecule has 1 N–H and O–H groups in total. The van der Waals surface area contributed by atoms with Gasteiger partial charge in [-0.25, -0.2) is 0 Å². The average molecular weight is 275 g/mol. The third kappa shape index (κ3) is 2.71. The van der Waals surface area contributed by atoms with Gasteiger partial charge in [0.05, 0.1) is 17.0 Å². The van der Waals surface area contributed by atoms with E-state index in [1.54, 1.807) is 31.2 Å². The molecule has 5 heteroatoms. The zero-order chi connectivity index (χ0) is 14.7. The van der Waals surface area contributed by atoms with Crippen molar-refractivity contribution in [3.05, 3.63) is 35.4 Å². The number of carbonyl (C=O) groups is 3. The fraction of sp³-hybridized carbons (Fsp3) is 0.400. The number of amides is 2. The van der Waals surface area contributed by atoms with E-state index in [9.17, 15) is 14.4 Å². The third-order valence-corrected chi connectivity index (χ3v) is 3.57. The lowest BCUT2D eigenvalue weighted by atomic mass is 10.0. The number of fused-ring (bicyclic) bond motifs is 1. The van der Waals surface area contributed by atoms with Gasteiger partial charge in [0.15, 0.2) is 0 Å². The predicted octanol–water partition coefficient (Wildman–Crippen LogP) is 2.17. The third-order valence-electron chi connectivity index (χ3n) is 3.57. The fourth-order valence-electron chi connectivity index (χ4n) is 2.29. The van der Waals surface area contributed by atoms with Gasteiger partial charge in [0.2, 0.25) is 0 Å². The summed E-state index contributed by atoms with van der Waals surface area (Å²) in [5, 5.41) is 8.78. The number of imide groups is 1. The Morgan fingerprint density at radius 1 is 1.15 bits per heavy atom. The summed E-state index contributed by atoms with van der Waals surface area (Å²) in [6.45, 7) is 2.00. The summed E-state index contributed by atoms with van der Waals surface area (Å²) in [4.78, 5) is 36.0. The van der Waals surface area contributed by atoms with E-state index in [4.69, 9.17) is 5.11 Å². The smallest absolute Gasteiger partial charge is 0.306 e. The lowest BCUT2D eigenvalue weighted by Crippen LogP contribution is -2.30. The molecule has 0 radical (unpaired) electrons. The molecule has 1 aliphatic heterocycles. The number of hydrogen-bond acceptors (Lipinski definition) is 3. The Balaban J connectivity index is 1.88. The lowest BCUT2D eigenvalue weighted by molar-refractivity contribution is -0.141. The first kappa shape index (κ1) is 14.2. The van der Waals surface area contributed by atoms with Gasteiger partial charge in [-0.2, -0.15) is 0 Å². The van der Waals surface area contributed by atoms with Crippen molar-refractivity contribution in [3.63, 3.8) is 0 Å². The van der Waals surface area contributed by atoms with Crippen LogP contribution >= 0.6 is 0 Å². The standard InChI is InChI=1S/C15H17NO4/c1-10(15(19)20)6-4-5-9-16-13(17)11-7-2-3-8-12(11)14(16)18/h2-3,7-8,10H,4-6,9H2,1H3,(H,19,20). The van der Waals surface area contributed by atoms with Gasteiger partial charge in [-0.1, -0.05) is 25.5 Å². The van der Waals surface area contributed by atoms with Crippen molar-refractivity contribution in [2.75, 3.05) is 6.54 Å². The normalized spacial score (nSPS) is 15.3. The number of aliphatic carboxylic acids is 1. The van der Waals surface area contributed by atoms with Crippen molar-refractivity contribution >= 4 is 17.8 Å². The van der Waals surface area contributed by atoms with Crippen LogP contribution in [0.2, 0.25) is 0 Å². The van der Waals surface area contributed by atoms with Gasteiger partial charge in [0.25, 0.3) is 11.8 Å². The van der Waals surface area contributed by atoms with E-state index in [1.165, 1.54) is 4.90 Å². The maximum atomic E-state index is 12.1. The Kier molecular flexibility index (Phi) is 4.17. The summed E-state index contributed by atoms with van der Waals surface area (Å²) >= 11 is 0. The molecule has 0 saturated carbocycles. The molecule has 0 bridgehead atoms. The van der Waals surface area contributed by atoms with Crippen LogP contribution in [-0.2, 0) is 4.79 Å². The topological polar surface area (TPSA) is 74.7 Å². The number of nitrogens with zero attached hydrogens (tertiary/aromatic N) is 1. The lowest BCUT2D eigenvalue weighted by Gasteiger charge is -2.14. The molecule has 0 aliphatic carbocycles. The molecule has 1 aromatic carbocycles. The van der Waals surface area contributed by atoms with Gasteiger partial charge < -0.3 is 5.11 Å². The van der Waals surface area contributed by atoms with Crippen molar-refractivity contribution in [2.24, 2.45) is 5.92 Å². The first-order valence-corrected chi connectivity index (χ1v) is 6.70. The first-order valence-electron chi connectivity index (χ1n) is 6.70. The van der Waals surface area contributed by atoms with Crippen LogP contribution in [0.3, 0.4) is 0 Å². The maximum Gasteiger partial charge on any atom is 0.306 e. The van der Waals surface area contributed by atoms with E-state index in [2.05, 4.69) is 0 Å². The number of rotatable bonds is 6. The molecular weight excluding hydrogens is 258 g/mol. The highest BCUT2D eigenvalue weighted by Crippen LogP contribution is 2.23. The van der Waals surface area contributed by atoms with Gasteiger partial charge in [0.1, 0.15) is 0 Å². The number of hydrogen-bond donors (Lipinski definition) is 1. The fourth-order valence-corrected chi connectivity index (χ4v) is 2.29.